The van der Waals surface area contributed by atoms with Gasteiger partial charge in [0.05, 0.1) is 13.2 Å². The minimum absolute atomic E-state index is 0.0363. The predicted molar refractivity (Wildman–Crippen MR) is 153 cm³/mol. The Bertz CT molecular complexity index is 1390. The number of aryl methyl sites for hydroxylation is 2. The van der Waals surface area contributed by atoms with E-state index in [1.807, 2.05) is 0 Å². The van der Waals surface area contributed by atoms with Gasteiger partial charge in [-0.15, -0.1) is 0 Å². The summed E-state index contributed by atoms with van der Waals surface area (Å²) in [7, 11) is -4.22. The molecule has 11 nitrogen and oxygen atoms in total. The standard InChI is InChI=1S/C29H33N2O9P/c1-6-23(32)38-15-11-14-30-27(34)28(35)31-26-20(4)18-19(3)25(21(26)5)29(36)41(37,22-12-9-8-10-13-22)40-17-16-39-24(33)7-2/h6-10,12-13,18H,1-2,11,14-17H2,3-5H3,(H,30,34)(H,31,35). The van der Waals surface area contributed by atoms with E-state index < -0.39 is 36.6 Å². The predicted octanol–water partition coefficient (Wildman–Crippen LogP) is 3.28. The van der Waals surface area contributed by atoms with Crippen LogP contribution in [0.5, 0.6) is 0 Å². The first-order chi connectivity index (χ1) is 19.5. The fraction of sp³-hybridized carbons (Fsp3) is 0.276. The highest BCUT2D eigenvalue weighted by Gasteiger charge is 2.38. The average molecular weight is 585 g/mol. The van der Waals surface area contributed by atoms with Crippen LogP contribution in [-0.2, 0) is 37.7 Å². The van der Waals surface area contributed by atoms with Crippen LogP contribution in [-0.4, -0.2) is 55.6 Å². The van der Waals surface area contributed by atoms with Gasteiger partial charge in [0.1, 0.15) is 6.61 Å². The van der Waals surface area contributed by atoms with Gasteiger partial charge in [0.2, 0.25) is 0 Å². The summed E-state index contributed by atoms with van der Waals surface area (Å²) in [5.74, 6) is -3.20. The topological polar surface area (TPSA) is 154 Å². The van der Waals surface area contributed by atoms with Crippen LogP contribution in [0.15, 0.2) is 61.7 Å². The summed E-state index contributed by atoms with van der Waals surface area (Å²) in [6, 6.07) is 9.54. The quantitative estimate of drug-likeness (QED) is 0.112. The van der Waals surface area contributed by atoms with Crippen molar-refractivity contribution in [2.75, 3.05) is 31.7 Å². The highest BCUT2D eigenvalue weighted by atomic mass is 31.2. The normalized spacial score (nSPS) is 11.9. The number of esters is 2. The molecule has 12 heteroatoms. The lowest BCUT2D eigenvalue weighted by Crippen LogP contribution is -2.36. The minimum atomic E-state index is -4.22. The lowest BCUT2D eigenvalue weighted by atomic mass is 9.98. The minimum Gasteiger partial charge on any atom is -0.462 e. The van der Waals surface area contributed by atoms with Crippen molar-refractivity contribution in [3.63, 3.8) is 0 Å². The number of carbonyl (C=O) groups is 5. The van der Waals surface area contributed by atoms with Crippen molar-refractivity contribution in [1.29, 1.82) is 0 Å². The maximum absolute atomic E-state index is 14.2. The number of hydrogen-bond acceptors (Lipinski definition) is 9. The van der Waals surface area contributed by atoms with Crippen LogP contribution in [0.2, 0.25) is 0 Å². The molecule has 0 aliphatic heterocycles. The van der Waals surface area contributed by atoms with Crippen LogP contribution >= 0.6 is 7.37 Å². The van der Waals surface area contributed by atoms with Gasteiger partial charge in [-0.1, -0.05) is 37.4 Å². The van der Waals surface area contributed by atoms with Gasteiger partial charge < -0.3 is 24.6 Å². The van der Waals surface area contributed by atoms with Crippen molar-refractivity contribution in [3.05, 3.63) is 84.0 Å². The van der Waals surface area contributed by atoms with Crippen LogP contribution in [0.1, 0.15) is 33.5 Å². The molecule has 2 aromatic rings. The molecule has 2 amide bonds. The second kappa shape index (κ2) is 15.4. The molecule has 0 saturated heterocycles. The molecule has 41 heavy (non-hydrogen) atoms. The zero-order valence-corrected chi connectivity index (χ0v) is 24.1. The van der Waals surface area contributed by atoms with E-state index in [1.165, 1.54) is 12.1 Å². The van der Waals surface area contributed by atoms with Gasteiger partial charge in [-0.3, -0.25) is 18.9 Å². The summed E-state index contributed by atoms with van der Waals surface area (Å²) in [6.45, 7) is 11.0. The second-order valence-corrected chi connectivity index (χ2v) is 11.0. The fourth-order valence-corrected chi connectivity index (χ4v) is 5.89. The van der Waals surface area contributed by atoms with E-state index in [2.05, 4.69) is 23.8 Å². The Balaban J connectivity index is 2.29. The van der Waals surface area contributed by atoms with E-state index >= 15 is 0 Å². The molecule has 2 N–H and O–H groups in total. The zero-order valence-electron chi connectivity index (χ0n) is 23.2. The fourth-order valence-electron chi connectivity index (χ4n) is 3.85. The third-order valence-corrected chi connectivity index (χ3v) is 8.06. The lowest BCUT2D eigenvalue weighted by Gasteiger charge is -2.22. The van der Waals surface area contributed by atoms with Crippen molar-refractivity contribution >= 4 is 47.6 Å². The highest BCUT2D eigenvalue weighted by molar-refractivity contribution is 7.83. The van der Waals surface area contributed by atoms with Crippen molar-refractivity contribution in [2.24, 2.45) is 0 Å². The van der Waals surface area contributed by atoms with Gasteiger partial charge >= 0.3 is 31.1 Å². The third kappa shape index (κ3) is 8.83. The maximum Gasteiger partial charge on any atom is 0.330 e. The van der Waals surface area contributed by atoms with Gasteiger partial charge in [0.15, 0.2) is 0 Å². The molecule has 218 valence electrons. The number of hydrogen-bond donors (Lipinski definition) is 2. The van der Waals surface area contributed by atoms with E-state index in [4.69, 9.17) is 14.0 Å². The van der Waals surface area contributed by atoms with Crippen molar-refractivity contribution in [2.45, 2.75) is 27.2 Å². The molecule has 0 bridgehead atoms. The van der Waals surface area contributed by atoms with Crippen molar-refractivity contribution < 1.29 is 42.5 Å². The largest absolute Gasteiger partial charge is 0.462 e. The Hall–Kier alpha value is -4.34. The second-order valence-electron chi connectivity index (χ2n) is 8.72. The monoisotopic (exact) mass is 584 g/mol. The van der Waals surface area contributed by atoms with E-state index in [0.29, 0.717) is 16.7 Å². The highest BCUT2D eigenvalue weighted by Crippen LogP contribution is 2.50. The molecule has 2 rings (SSSR count). The van der Waals surface area contributed by atoms with Crippen LogP contribution in [0, 0.1) is 20.8 Å². The van der Waals surface area contributed by atoms with Crippen LogP contribution in [0.25, 0.3) is 0 Å². The Morgan fingerprint density at radius 3 is 2.07 bits per heavy atom. The van der Waals surface area contributed by atoms with E-state index in [9.17, 15) is 28.5 Å². The number of anilines is 1. The first-order valence-electron chi connectivity index (χ1n) is 12.6. The Kier molecular flexibility index (Phi) is 12.4. The summed E-state index contributed by atoms with van der Waals surface area (Å²) in [4.78, 5) is 61.3. The summed E-state index contributed by atoms with van der Waals surface area (Å²) in [5, 5.41) is 5.10. The number of amides is 2. The van der Waals surface area contributed by atoms with Gasteiger partial charge in [-0.2, -0.15) is 0 Å². The molecular weight excluding hydrogens is 551 g/mol. The third-order valence-electron chi connectivity index (χ3n) is 5.78. The zero-order chi connectivity index (χ0) is 30.6. The Morgan fingerprint density at radius 1 is 0.854 bits per heavy atom. The molecule has 1 atom stereocenters. The van der Waals surface area contributed by atoms with Gasteiger partial charge in [-0.25, -0.2) is 9.59 Å². The molecule has 0 saturated carbocycles. The first-order valence-corrected chi connectivity index (χ1v) is 14.2. The molecule has 0 spiro atoms. The van der Waals surface area contributed by atoms with E-state index in [-0.39, 0.29) is 49.3 Å². The Labute approximate surface area is 238 Å². The molecule has 0 fully saturated rings. The Morgan fingerprint density at radius 2 is 1.46 bits per heavy atom. The van der Waals surface area contributed by atoms with Gasteiger partial charge in [0.25, 0.3) is 5.52 Å². The van der Waals surface area contributed by atoms with E-state index in [0.717, 1.165) is 12.2 Å². The maximum atomic E-state index is 14.2. The average Bonchev–Trinajstić information content (AvgIpc) is 2.96. The lowest BCUT2D eigenvalue weighted by molar-refractivity contribution is -0.139. The number of carbonyl (C=O) groups excluding carboxylic acids is 5. The van der Waals surface area contributed by atoms with Gasteiger partial charge in [0, 0.05) is 35.3 Å². The smallest absolute Gasteiger partial charge is 0.330 e. The van der Waals surface area contributed by atoms with Crippen molar-refractivity contribution in [1.82, 2.24) is 5.32 Å². The number of nitrogens with one attached hydrogen (secondary N) is 2. The summed E-state index contributed by atoms with van der Waals surface area (Å²) in [5.41, 5.74) is 0.801. The molecular formula is C29H33N2O9P. The molecule has 0 aromatic heterocycles. The molecule has 1 unspecified atom stereocenters. The van der Waals surface area contributed by atoms with E-state index in [1.54, 1.807) is 45.0 Å². The van der Waals surface area contributed by atoms with Crippen molar-refractivity contribution in [3.8, 4) is 0 Å². The van der Waals surface area contributed by atoms with Crippen LogP contribution in [0.3, 0.4) is 0 Å². The SMILES string of the molecule is C=CC(=O)OCCCNC(=O)C(=O)Nc1c(C)cc(C)c(C(=O)P(=O)(OCCOC(=O)C=C)c2ccccc2)c1C. The summed E-state index contributed by atoms with van der Waals surface area (Å²) < 4.78 is 29.5. The number of benzene rings is 2. The van der Waals surface area contributed by atoms with Gasteiger partial charge in [-0.05, 0) is 56.0 Å². The summed E-state index contributed by atoms with van der Waals surface area (Å²) >= 11 is 0. The summed E-state index contributed by atoms with van der Waals surface area (Å²) in [6.07, 6.45) is 2.27. The molecule has 0 aliphatic carbocycles. The molecule has 0 radical (unpaired) electrons. The number of ether oxygens (including phenoxy) is 2. The van der Waals surface area contributed by atoms with Crippen LogP contribution in [0.4, 0.5) is 5.69 Å². The molecule has 2 aromatic carbocycles. The first kappa shape index (κ1) is 32.9. The molecule has 0 heterocycles. The number of rotatable bonds is 14. The molecule has 0 aliphatic rings. The van der Waals surface area contributed by atoms with Crippen LogP contribution < -0.4 is 15.9 Å².